The van der Waals surface area contributed by atoms with Crippen LogP contribution in [0.4, 0.5) is 0 Å². The fourth-order valence-corrected chi connectivity index (χ4v) is 3.85. The highest BCUT2D eigenvalue weighted by molar-refractivity contribution is 7.13. The molecule has 1 unspecified atom stereocenters. The van der Waals surface area contributed by atoms with Gasteiger partial charge >= 0.3 is 0 Å². The quantitative estimate of drug-likeness (QED) is 0.446. The Morgan fingerprint density at radius 1 is 1.21 bits per heavy atom. The van der Waals surface area contributed by atoms with Gasteiger partial charge in [-0.25, -0.2) is 4.98 Å². The lowest BCUT2D eigenvalue weighted by molar-refractivity contribution is -0.122. The standard InChI is InChI=1S/C21H23N5O2S/c1-13(2)12-16(20-23-14-6-3-4-7-15(14)24-20)22-18(27)9-10-19-25-21(26-28-19)17-8-5-11-29-17/h3-8,11,13,16H,9-10,12H2,1-2H3,(H,22,27)(H,23,24). The highest BCUT2D eigenvalue weighted by Gasteiger charge is 2.20. The molecule has 4 aromatic rings. The Morgan fingerprint density at radius 3 is 2.83 bits per heavy atom. The smallest absolute Gasteiger partial charge is 0.227 e. The van der Waals surface area contributed by atoms with Crippen LogP contribution in [-0.4, -0.2) is 26.0 Å². The van der Waals surface area contributed by atoms with Crippen molar-refractivity contribution in [2.24, 2.45) is 5.92 Å². The van der Waals surface area contributed by atoms with E-state index in [9.17, 15) is 4.79 Å². The molecule has 3 heterocycles. The van der Waals surface area contributed by atoms with E-state index in [2.05, 4.69) is 39.3 Å². The summed E-state index contributed by atoms with van der Waals surface area (Å²) in [5, 5.41) is 9.06. The molecule has 2 N–H and O–H groups in total. The molecule has 0 aliphatic heterocycles. The number of thiophene rings is 1. The van der Waals surface area contributed by atoms with Gasteiger partial charge in [-0.1, -0.05) is 37.2 Å². The second kappa shape index (κ2) is 8.57. The summed E-state index contributed by atoms with van der Waals surface area (Å²) in [6.45, 7) is 4.26. The number of para-hydroxylation sites is 2. The zero-order valence-electron chi connectivity index (χ0n) is 16.4. The Balaban J connectivity index is 1.40. The van der Waals surface area contributed by atoms with Gasteiger partial charge in [0.2, 0.25) is 17.6 Å². The molecule has 1 atom stereocenters. The number of carbonyl (C=O) groups is 1. The van der Waals surface area contributed by atoms with Crippen molar-refractivity contribution in [3.8, 4) is 10.7 Å². The van der Waals surface area contributed by atoms with Crippen LogP contribution in [0.1, 0.15) is 44.4 Å². The minimum absolute atomic E-state index is 0.0630. The number of rotatable bonds is 8. The van der Waals surface area contributed by atoms with Crippen LogP contribution in [0.25, 0.3) is 21.7 Å². The maximum Gasteiger partial charge on any atom is 0.227 e. The van der Waals surface area contributed by atoms with Crippen LogP contribution in [0.3, 0.4) is 0 Å². The number of fused-ring (bicyclic) bond motifs is 1. The van der Waals surface area contributed by atoms with Gasteiger partial charge in [0.15, 0.2) is 0 Å². The van der Waals surface area contributed by atoms with Crippen LogP contribution in [0, 0.1) is 5.92 Å². The Kier molecular flexibility index (Phi) is 5.71. The number of amides is 1. The zero-order chi connectivity index (χ0) is 20.2. The second-order valence-electron chi connectivity index (χ2n) is 7.38. The van der Waals surface area contributed by atoms with Gasteiger partial charge in [-0.2, -0.15) is 4.98 Å². The molecule has 4 rings (SSSR count). The van der Waals surface area contributed by atoms with E-state index in [-0.39, 0.29) is 18.4 Å². The van der Waals surface area contributed by atoms with E-state index in [1.165, 1.54) is 0 Å². The third-order valence-electron chi connectivity index (χ3n) is 4.56. The first-order chi connectivity index (χ1) is 14.1. The lowest BCUT2D eigenvalue weighted by atomic mass is 10.0. The molecule has 0 aliphatic carbocycles. The summed E-state index contributed by atoms with van der Waals surface area (Å²) in [6, 6.07) is 11.6. The maximum atomic E-state index is 12.6. The molecule has 8 heteroatoms. The topological polar surface area (TPSA) is 96.7 Å². The van der Waals surface area contributed by atoms with Crippen molar-refractivity contribution in [2.75, 3.05) is 0 Å². The van der Waals surface area contributed by atoms with Gasteiger partial charge < -0.3 is 14.8 Å². The summed E-state index contributed by atoms with van der Waals surface area (Å²) in [5.74, 6) is 2.17. The van der Waals surface area contributed by atoms with Crippen LogP contribution in [0.15, 0.2) is 46.3 Å². The average Bonchev–Trinajstić information content (AvgIpc) is 3.45. The average molecular weight is 410 g/mol. The summed E-state index contributed by atoms with van der Waals surface area (Å²) in [5.41, 5.74) is 1.87. The van der Waals surface area contributed by atoms with Crippen molar-refractivity contribution >= 4 is 28.3 Å². The largest absolute Gasteiger partial charge is 0.346 e. The Morgan fingerprint density at radius 2 is 2.07 bits per heavy atom. The van der Waals surface area contributed by atoms with Crippen molar-refractivity contribution in [2.45, 2.75) is 39.2 Å². The van der Waals surface area contributed by atoms with Gasteiger partial charge in [-0.3, -0.25) is 4.79 Å². The van der Waals surface area contributed by atoms with Crippen molar-refractivity contribution in [1.29, 1.82) is 0 Å². The molecule has 1 aromatic carbocycles. The SMILES string of the molecule is CC(C)CC(NC(=O)CCc1nc(-c2cccs2)no1)c1nc2ccccc2[nH]1. The maximum absolute atomic E-state index is 12.6. The molecule has 0 aliphatic rings. The summed E-state index contributed by atoms with van der Waals surface area (Å²) in [6.07, 6.45) is 1.48. The molecular weight excluding hydrogens is 386 g/mol. The lowest BCUT2D eigenvalue weighted by Crippen LogP contribution is -2.30. The highest BCUT2D eigenvalue weighted by Crippen LogP contribution is 2.23. The minimum Gasteiger partial charge on any atom is -0.346 e. The summed E-state index contributed by atoms with van der Waals surface area (Å²) >= 11 is 1.55. The number of carbonyl (C=O) groups excluding carboxylic acids is 1. The molecule has 7 nitrogen and oxygen atoms in total. The van der Waals surface area contributed by atoms with Gasteiger partial charge in [0, 0.05) is 12.8 Å². The van der Waals surface area contributed by atoms with Crippen LogP contribution in [-0.2, 0) is 11.2 Å². The van der Waals surface area contributed by atoms with Gasteiger partial charge in [0.1, 0.15) is 5.82 Å². The number of hydrogen-bond acceptors (Lipinski definition) is 6. The first-order valence-electron chi connectivity index (χ1n) is 9.69. The molecule has 1 amide bonds. The van der Waals surface area contributed by atoms with Crippen LogP contribution >= 0.6 is 11.3 Å². The molecule has 0 radical (unpaired) electrons. The number of benzene rings is 1. The normalized spacial score (nSPS) is 12.5. The number of aromatic amines is 1. The Hall–Kier alpha value is -3.00. The van der Waals surface area contributed by atoms with Crippen molar-refractivity contribution < 1.29 is 9.32 Å². The summed E-state index contributed by atoms with van der Waals surface area (Å²) in [7, 11) is 0. The van der Waals surface area contributed by atoms with E-state index >= 15 is 0 Å². The Bertz CT molecular complexity index is 1050. The zero-order valence-corrected chi connectivity index (χ0v) is 17.2. The molecular formula is C21H23N5O2S. The number of nitrogens with zero attached hydrogens (tertiary/aromatic N) is 3. The number of imidazole rings is 1. The van der Waals surface area contributed by atoms with E-state index in [0.717, 1.165) is 28.2 Å². The second-order valence-corrected chi connectivity index (χ2v) is 8.33. The van der Waals surface area contributed by atoms with Gasteiger partial charge in [-0.15, -0.1) is 11.3 Å². The number of H-pyrrole nitrogens is 1. The monoisotopic (exact) mass is 409 g/mol. The molecule has 29 heavy (non-hydrogen) atoms. The Labute approximate surface area is 172 Å². The lowest BCUT2D eigenvalue weighted by Gasteiger charge is -2.18. The van der Waals surface area contributed by atoms with Crippen LogP contribution in [0.2, 0.25) is 0 Å². The van der Waals surface area contributed by atoms with Gasteiger partial charge in [-0.05, 0) is 35.9 Å². The van der Waals surface area contributed by atoms with Crippen LogP contribution in [0.5, 0.6) is 0 Å². The van der Waals surface area contributed by atoms with Crippen molar-refractivity contribution in [1.82, 2.24) is 25.4 Å². The number of aryl methyl sites for hydroxylation is 1. The molecule has 0 saturated carbocycles. The highest BCUT2D eigenvalue weighted by atomic mass is 32.1. The first kappa shape index (κ1) is 19.3. The van der Waals surface area contributed by atoms with Crippen molar-refractivity contribution in [3.63, 3.8) is 0 Å². The fourth-order valence-electron chi connectivity index (χ4n) is 3.20. The predicted molar refractivity (Wildman–Crippen MR) is 112 cm³/mol. The van der Waals surface area contributed by atoms with Crippen LogP contribution < -0.4 is 5.32 Å². The van der Waals surface area contributed by atoms with Crippen molar-refractivity contribution in [3.05, 3.63) is 53.5 Å². The molecule has 0 spiro atoms. The van der Waals surface area contributed by atoms with E-state index in [0.29, 0.717) is 24.1 Å². The number of nitrogens with one attached hydrogen (secondary N) is 2. The molecule has 150 valence electrons. The van der Waals surface area contributed by atoms with E-state index in [4.69, 9.17) is 4.52 Å². The molecule has 0 bridgehead atoms. The fraction of sp³-hybridized carbons (Fsp3) is 0.333. The molecule has 3 aromatic heterocycles. The predicted octanol–water partition coefficient (Wildman–Crippen LogP) is 4.51. The van der Waals surface area contributed by atoms with Gasteiger partial charge in [0.05, 0.1) is 22.0 Å². The third kappa shape index (κ3) is 4.71. The summed E-state index contributed by atoms with van der Waals surface area (Å²) < 4.78 is 5.28. The number of hydrogen-bond donors (Lipinski definition) is 2. The minimum atomic E-state index is -0.167. The molecule has 0 fully saturated rings. The van der Waals surface area contributed by atoms with E-state index < -0.39 is 0 Å². The van der Waals surface area contributed by atoms with E-state index in [1.807, 2.05) is 41.8 Å². The number of aromatic nitrogens is 4. The van der Waals surface area contributed by atoms with E-state index in [1.54, 1.807) is 11.3 Å². The third-order valence-corrected chi connectivity index (χ3v) is 5.42. The first-order valence-corrected chi connectivity index (χ1v) is 10.6. The summed E-state index contributed by atoms with van der Waals surface area (Å²) in [4.78, 5) is 25.9. The molecule has 0 saturated heterocycles. The van der Waals surface area contributed by atoms with Gasteiger partial charge in [0.25, 0.3) is 0 Å².